The molecule has 2 aromatic carbocycles. The number of anilines is 1. The van der Waals surface area contributed by atoms with Gasteiger partial charge in [0.1, 0.15) is 6.54 Å². The van der Waals surface area contributed by atoms with Crippen molar-refractivity contribution in [3.05, 3.63) is 64.6 Å². The van der Waals surface area contributed by atoms with Crippen LogP contribution in [0, 0.1) is 5.92 Å². The maximum Gasteiger partial charge on any atom is 0.241 e. The fourth-order valence-electron chi connectivity index (χ4n) is 2.84. The Morgan fingerprint density at radius 1 is 1.11 bits per heavy atom. The molecular weight excluding hydrogens is 428 g/mol. The highest BCUT2D eigenvalue weighted by molar-refractivity contribution is 9.10. The van der Waals surface area contributed by atoms with Crippen molar-refractivity contribution < 1.29 is 13.2 Å². The summed E-state index contributed by atoms with van der Waals surface area (Å²) in [5, 5.41) is 2.99. The quantitative estimate of drug-likeness (QED) is 0.654. The molecule has 1 N–H and O–H groups in total. The number of carbonyl (C=O) groups excluding carboxylic acids is 1. The minimum absolute atomic E-state index is 0.164. The molecule has 0 aromatic heterocycles. The Hall–Kier alpha value is -1.86. The molecule has 0 aliphatic carbocycles. The van der Waals surface area contributed by atoms with Gasteiger partial charge < -0.3 is 5.32 Å². The summed E-state index contributed by atoms with van der Waals surface area (Å²) in [6, 6.07) is 16.4. The predicted octanol–water partition coefficient (Wildman–Crippen LogP) is 4.12. The molecule has 0 unspecified atom stereocenters. The lowest BCUT2D eigenvalue weighted by Gasteiger charge is -2.25. The van der Waals surface area contributed by atoms with Gasteiger partial charge in [-0.2, -0.15) is 0 Å². The number of amides is 1. The minimum atomic E-state index is -3.60. The summed E-state index contributed by atoms with van der Waals surface area (Å²) in [6.07, 6.45) is 1.87. The van der Waals surface area contributed by atoms with Crippen LogP contribution < -0.4 is 9.62 Å². The van der Waals surface area contributed by atoms with E-state index in [9.17, 15) is 13.2 Å². The van der Waals surface area contributed by atoms with Gasteiger partial charge in [-0.15, -0.1) is 0 Å². The summed E-state index contributed by atoms with van der Waals surface area (Å²) in [7, 11) is -3.60. The van der Waals surface area contributed by atoms with Crippen molar-refractivity contribution in [3.63, 3.8) is 0 Å². The Kier molecular flexibility index (Phi) is 7.44. The lowest BCUT2D eigenvalue weighted by molar-refractivity contribution is -0.120. The summed E-state index contributed by atoms with van der Waals surface area (Å²) in [5.74, 6) is 0.0431. The summed E-state index contributed by atoms with van der Waals surface area (Å²) in [4.78, 5) is 12.7. The monoisotopic (exact) mass is 452 g/mol. The fourth-order valence-corrected chi connectivity index (χ4v) is 4.07. The van der Waals surface area contributed by atoms with Crippen molar-refractivity contribution in [2.45, 2.75) is 26.3 Å². The van der Waals surface area contributed by atoms with Gasteiger partial charge in [0.2, 0.25) is 15.9 Å². The fraction of sp³-hybridized carbons (Fsp3) is 0.350. The van der Waals surface area contributed by atoms with Gasteiger partial charge in [0.05, 0.1) is 18.0 Å². The molecule has 1 atom stereocenters. The van der Waals surface area contributed by atoms with Crippen LogP contribution in [0.25, 0.3) is 0 Å². The third-order valence-corrected chi connectivity index (χ3v) is 5.66. The summed E-state index contributed by atoms with van der Waals surface area (Å²) in [5.41, 5.74) is 1.45. The first-order valence-corrected chi connectivity index (χ1v) is 11.4. The molecule has 0 aliphatic heterocycles. The molecule has 146 valence electrons. The highest BCUT2D eigenvalue weighted by atomic mass is 79.9. The third-order valence-electron chi connectivity index (χ3n) is 4.03. The Labute approximate surface area is 170 Å². The van der Waals surface area contributed by atoms with Crippen LogP contribution in [0.2, 0.25) is 0 Å². The highest BCUT2D eigenvalue weighted by Crippen LogP contribution is 2.23. The number of hydrogen-bond acceptors (Lipinski definition) is 3. The van der Waals surface area contributed by atoms with Crippen LogP contribution in [0.1, 0.15) is 31.9 Å². The number of carbonyl (C=O) groups is 1. The molecule has 0 spiro atoms. The van der Waals surface area contributed by atoms with Crippen molar-refractivity contribution in [2.24, 2.45) is 5.92 Å². The molecule has 7 heteroatoms. The topological polar surface area (TPSA) is 66.5 Å². The van der Waals surface area contributed by atoms with Gasteiger partial charge >= 0.3 is 0 Å². The smallest absolute Gasteiger partial charge is 0.241 e. The van der Waals surface area contributed by atoms with Crippen LogP contribution in [-0.2, 0) is 14.8 Å². The van der Waals surface area contributed by atoms with Crippen LogP contribution in [0.4, 0.5) is 5.69 Å². The van der Waals surface area contributed by atoms with E-state index in [1.165, 1.54) is 0 Å². The molecule has 2 rings (SSSR count). The third kappa shape index (κ3) is 6.66. The maximum absolute atomic E-state index is 12.7. The number of benzene rings is 2. The molecule has 0 bridgehead atoms. The molecular formula is C20H25BrN2O3S. The molecule has 0 fully saturated rings. The lowest BCUT2D eigenvalue weighted by atomic mass is 9.97. The first kappa shape index (κ1) is 21.4. The van der Waals surface area contributed by atoms with Crippen LogP contribution >= 0.6 is 15.9 Å². The normalized spacial score (nSPS) is 12.6. The van der Waals surface area contributed by atoms with E-state index in [0.717, 1.165) is 27.0 Å². The highest BCUT2D eigenvalue weighted by Gasteiger charge is 2.23. The Morgan fingerprint density at radius 3 is 2.33 bits per heavy atom. The van der Waals surface area contributed by atoms with Crippen molar-refractivity contribution >= 4 is 37.5 Å². The van der Waals surface area contributed by atoms with Gasteiger partial charge in [-0.1, -0.05) is 66.2 Å². The van der Waals surface area contributed by atoms with Crippen LogP contribution in [0.5, 0.6) is 0 Å². The zero-order chi connectivity index (χ0) is 20.0. The van der Waals surface area contributed by atoms with E-state index in [2.05, 4.69) is 35.1 Å². The van der Waals surface area contributed by atoms with Crippen molar-refractivity contribution in [1.82, 2.24) is 5.32 Å². The van der Waals surface area contributed by atoms with Gasteiger partial charge in [0, 0.05) is 4.47 Å². The van der Waals surface area contributed by atoms with Crippen LogP contribution in [0.3, 0.4) is 0 Å². The number of nitrogens with zero attached hydrogens (tertiary/aromatic N) is 1. The molecule has 0 aliphatic rings. The molecule has 1 amide bonds. The van der Waals surface area contributed by atoms with Crippen molar-refractivity contribution in [3.8, 4) is 0 Å². The molecule has 0 saturated heterocycles. The van der Waals surface area contributed by atoms with E-state index in [0.29, 0.717) is 11.6 Å². The number of rotatable bonds is 8. The second kappa shape index (κ2) is 9.37. The van der Waals surface area contributed by atoms with Gasteiger partial charge in [0.15, 0.2) is 0 Å². The molecule has 0 saturated carbocycles. The second-order valence-corrected chi connectivity index (χ2v) is 9.73. The zero-order valence-electron chi connectivity index (χ0n) is 15.7. The predicted molar refractivity (Wildman–Crippen MR) is 113 cm³/mol. The first-order valence-electron chi connectivity index (χ1n) is 8.74. The van der Waals surface area contributed by atoms with Crippen molar-refractivity contribution in [2.75, 3.05) is 17.1 Å². The number of hydrogen-bond donors (Lipinski definition) is 1. The van der Waals surface area contributed by atoms with E-state index in [1.807, 2.05) is 30.3 Å². The van der Waals surface area contributed by atoms with Gasteiger partial charge in [-0.3, -0.25) is 9.10 Å². The second-order valence-electron chi connectivity index (χ2n) is 6.91. The van der Waals surface area contributed by atoms with E-state index in [4.69, 9.17) is 0 Å². The summed E-state index contributed by atoms with van der Waals surface area (Å²) in [6.45, 7) is 3.91. The zero-order valence-corrected chi connectivity index (χ0v) is 18.1. The molecule has 5 nitrogen and oxygen atoms in total. The average Bonchev–Trinajstić information content (AvgIpc) is 2.58. The Bertz CT molecular complexity index is 870. The summed E-state index contributed by atoms with van der Waals surface area (Å²) < 4.78 is 26.3. The van der Waals surface area contributed by atoms with Crippen molar-refractivity contribution in [1.29, 1.82) is 0 Å². The van der Waals surface area contributed by atoms with E-state index in [1.54, 1.807) is 24.3 Å². The maximum atomic E-state index is 12.7. The van der Waals surface area contributed by atoms with E-state index < -0.39 is 10.0 Å². The SMILES string of the molecule is CC(C)C[C@H](NC(=O)CN(c1cccc(Br)c1)S(C)(=O)=O)c1ccccc1. The number of halogens is 1. The van der Waals surface area contributed by atoms with Gasteiger partial charge in [0.25, 0.3) is 0 Å². The number of sulfonamides is 1. The Morgan fingerprint density at radius 2 is 1.78 bits per heavy atom. The molecule has 27 heavy (non-hydrogen) atoms. The lowest BCUT2D eigenvalue weighted by Crippen LogP contribution is -2.41. The molecule has 0 radical (unpaired) electrons. The van der Waals surface area contributed by atoms with Crippen LogP contribution in [0.15, 0.2) is 59.1 Å². The van der Waals surface area contributed by atoms with E-state index >= 15 is 0 Å². The Balaban J connectivity index is 2.21. The molecule has 0 heterocycles. The average molecular weight is 453 g/mol. The largest absolute Gasteiger partial charge is 0.348 e. The molecule has 2 aromatic rings. The summed E-state index contributed by atoms with van der Waals surface area (Å²) >= 11 is 3.34. The first-order chi connectivity index (χ1) is 12.7. The van der Waals surface area contributed by atoms with Gasteiger partial charge in [-0.25, -0.2) is 8.42 Å². The minimum Gasteiger partial charge on any atom is -0.348 e. The van der Waals surface area contributed by atoms with E-state index in [-0.39, 0.29) is 18.5 Å². The van der Waals surface area contributed by atoms with Gasteiger partial charge in [-0.05, 0) is 36.1 Å². The van der Waals surface area contributed by atoms with Crippen LogP contribution in [-0.4, -0.2) is 27.1 Å². The standard InChI is InChI=1S/C20H25BrN2O3S/c1-15(2)12-19(16-8-5-4-6-9-16)22-20(24)14-23(27(3,25)26)18-11-7-10-17(21)13-18/h4-11,13,15,19H,12,14H2,1-3H3,(H,22,24)/t19-/m0/s1. The number of nitrogens with one attached hydrogen (secondary N) is 1.